The number of anilines is 2. The Morgan fingerprint density at radius 1 is 1.07 bits per heavy atom. The molecule has 30 heavy (non-hydrogen) atoms. The summed E-state index contributed by atoms with van der Waals surface area (Å²) >= 11 is 0. The minimum atomic E-state index is 0.785. The summed E-state index contributed by atoms with van der Waals surface area (Å²) < 4.78 is 6.15. The molecular formula is C24H21N5O. The number of fused-ring (bicyclic) bond motifs is 2. The molecule has 0 atom stereocenters. The van der Waals surface area contributed by atoms with Gasteiger partial charge in [0, 0.05) is 29.6 Å². The second-order valence-electron chi connectivity index (χ2n) is 7.16. The van der Waals surface area contributed by atoms with Crippen LogP contribution in [0.4, 0.5) is 11.5 Å². The highest BCUT2D eigenvalue weighted by Crippen LogP contribution is 2.29. The van der Waals surface area contributed by atoms with Crippen molar-refractivity contribution < 1.29 is 4.74 Å². The van der Waals surface area contributed by atoms with Crippen LogP contribution in [0, 0.1) is 6.92 Å². The molecule has 0 bridgehead atoms. The van der Waals surface area contributed by atoms with E-state index in [1.807, 2.05) is 72.9 Å². The van der Waals surface area contributed by atoms with Crippen LogP contribution in [0.5, 0.6) is 5.75 Å². The zero-order valence-electron chi connectivity index (χ0n) is 16.6. The van der Waals surface area contributed by atoms with Gasteiger partial charge in [-0.2, -0.15) is 5.10 Å². The van der Waals surface area contributed by atoms with Gasteiger partial charge in [-0.25, -0.2) is 15.0 Å². The molecule has 0 radical (unpaired) electrons. The monoisotopic (exact) mass is 395 g/mol. The van der Waals surface area contributed by atoms with E-state index < -0.39 is 0 Å². The lowest BCUT2D eigenvalue weighted by atomic mass is 10.2. The third kappa shape index (κ3) is 3.67. The summed E-state index contributed by atoms with van der Waals surface area (Å²) in [5.74, 6) is 2.39. The predicted octanol–water partition coefficient (Wildman–Crippen LogP) is 5.44. The molecule has 2 aliphatic rings. The summed E-state index contributed by atoms with van der Waals surface area (Å²) in [4.78, 5) is 8.71. The van der Waals surface area contributed by atoms with Crippen LogP contribution in [0.1, 0.15) is 18.4 Å². The lowest BCUT2D eigenvalue weighted by molar-refractivity contribution is 0.421. The van der Waals surface area contributed by atoms with Crippen molar-refractivity contribution in [1.82, 2.24) is 15.0 Å². The molecule has 0 saturated heterocycles. The summed E-state index contributed by atoms with van der Waals surface area (Å²) in [5, 5.41) is 10.7. The first kappa shape index (κ1) is 18.1. The van der Waals surface area contributed by atoms with Crippen molar-refractivity contribution in [3.05, 3.63) is 90.2 Å². The molecule has 3 heterocycles. The van der Waals surface area contributed by atoms with Gasteiger partial charge < -0.3 is 10.1 Å². The molecule has 0 unspecified atom stereocenters. The Morgan fingerprint density at radius 2 is 2.00 bits per heavy atom. The Labute approximate surface area is 174 Å². The Morgan fingerprint density at radius 3 is 2.93 bits per heavy atom. The average molecular weight is 395 g/mol. The third-order valence-corrected chi connectivity index (χ3v) is 5.00. The van der Waals surface area contributed by atoms with Crippen molar-refractivity contribution >= 4 is 28.6 Å². The number of allylic oxidation sites excluding steroid dienone is 3. The van der Waals surface area contributed by atoms with Gasteiger partial charge in [0.05, 0.1) is 11.2 Å². The highest BCUT2D eigenvalue weighted by atomic mass is 16.5. The number of hydrazone groups is 1. The molecule has 6 heteroatoms. The highest BCUT2D eigenvalue weighted by molar-refractivity contribution is 5.90. The average Bonchev–Trinajstić information content (AvgIpc) is 3.01. The van der Waals surface area contributed by atoms with Gasteiger partial charge in [-0.05, 0) is 61.7 Å². The van der Waals surface area contributed by atoms with Gasteiger partial charge in [0.25, 0.3) is 0 Å². The quantitative estimate of drug-likeness (QED) is 0.637. The van der Waals surface area contributed by atoms with Crippen molar-refractivity contribution in [1.29, 1.82) is 0 Å². The molecule has 2 aliphatic heterocycles. The van der Waals surface area contributed by atoms with Crippen LogP contribution < -0.4 is 10.1 Å². The Balaban J connectivity index is 1.36. The number of hydrogen-bond donors (Lipinski definition) is 1. The van der Waals surface area contributed by atoms with E-state index in [0.717, 1.165) is 58.0 Å². The number of nitrogens with one attached hydrogen (secondary N) is 1. The largest absolute Gasteiger partial charge is 0.457 e. The van der Waals surface area contributed by atoms with Crippen LogP contribution in [-0.2, 0) is 0 Å². The van der Waals surface area contributed by atoms with E-state index in [1.54, 1.807) is 6.33 Å². The number of rotatable bonds is 4. The molecule has 1 aromatic heterocycles. The van der Waals surface area contributed by atoms with E-state index in [9.17, 15) is 0 Å². The second kappa shape index (κ2) is 7.83. The van der Waals surface area contributed by atoms with Gasteiger partial charge in [0.2, 0.25) is 0 Å². The van der Waals surface area contributed by atoms with Gasteiger partial charge in [-0.15, -0.1) is 0 Å². The summed E-state index contributed by atoms with van der Waals surface area (Å²) in [7, 11) is 0. The minimum Gasteiger partial charge on any atom is -0.457 e. The van der Waals surface area contributed by atoms with Crippen molar-refractivity contribution in [2.75, 3.05) is 5.32 Å². The molecule has 1 N–H and O–H groups in total. The number of aryl methyl sites for hydroxylation is 1. The molecule has 0 saturated carbocycles. The molecule has 0 fully saturated rings. The maximum atomic E-state index is 6.15. The van der Waals surface area contributed by atoms with Gasteiger partial charge in [-0.3, -0.25) is 0 Å². The first-order chi connectivity index (χ1) is 14.8. The first-order valence-electron chi connectivity index (χ1n) is 9.93. The van der Waals surface area contributed by atoms with E-state index in [0.29, 0.717) is 0 Å². The molecule has 148 valence electrons. The zero-order valence-corrected chi connectivity index (χ0v) is 16.6. The van der Waals surface area contributed by atoms with Crippen LogP contribution in [0.3, 0.4) is 0 Å². The summed E-state index contributed by atoms with van der Waals surface area (Å²) in [6.45, 7) is 2.03. The Kier molecular flexibility index (Phi) is 4.73. The summed E-state index contributed by atoms with van der Waals surface area (Å²) in [6, 6.07) is 14.0. The lowest BCUT2D eigenvalue weighted by Gasteiger charge is -2.20. The van der Waals surface area contributed by atoms with Crippen LogP contribution >= 0.6 is 0 Å². The predicted molar refractivity (Wildman–Crippen MR) is 119 cm³/mol. The van der Waals surface area contributed by atoms with Gasteiger partial charge in [0.1, 0.15) is 23.7 Å². The topological polar surface area (TPSA) is 62.6 Å². The molecule has 6 nitrogen and oxygen atoms in total. The molecule has 3 aromatic rings. The summed E-state index contributed by atoms with van der Waals surface area (Å²) in [5.41, 5.74) is 3.92. The van der Waals surface area contributed by atoms with Crippen LogP contribution in [0.2, 0.25) is 0 Å². The molecular weight excluding hydrogens is 374 g/mol. The molecule has 0 spiro atoms. The molecule has 0 aliphatic carbocycles. The third-order valence-electron chi connectivity index (χ3n) is 5.00. The zero-order chi connectivity index (χ0) is 20.3. The molecule has 2 aromatic carbocycles. The summed E-state index contributed by atoms with van der Waals surface area (Å²) in [6.07, 6.45) is 13.5. The first-order valence-corrected chi connectivity index (χ1v) is 9.93. The van der Waals surface area contributed by atoms with Gasteiger partial charge >= 0.3 is 0 Å². The number of nitrogens with zero attached hydrogens (tertiary/aromatic N) is 4. The van der Waals surface area contributed by atoms with E-state index >= 15 is 0 Å². The number of benzene rings is 2. The van der Waals surface area contributed by atoms with E-state index in [1.165, 1.54) is 0 Å². The lowest BCUT2D eigenvalue weighted by Crippen LogP contribution is -2.12. The van der Waals surface area contributed by atoms with Gasteiger partial charge in [0.15, 0.2) is 0 Å². The Hall–Kier alpha value is -3.93. The van der Waals surface area contributed by atoms with Crippen LogP contribution in [-0.4, -0.2) is 21.2 Å². The van der Waals surface area contributed by atoms with Crippen molar-refractivity contribution in [3.63, 3.8) is 0 Å². The molecule has 5 rings (SSSR count). The number of para-hydroxylation sites is 1. The fraction of sp³-hybridized carbons (Fsp3) is 0.125. The number of aromatic nitrogens is 2. The van der Waals surface area contributed by atoms with E-state index in [-0.39, 0.29) is 0 Å². The smallest absolute Gasteiger partial charge is 0.141 e. The minimum absolute atomic E-state index is 0.785. The van der Waals surface area contributed by atoms with E-state index in [4.69, 9.17) is 4.74 Å². The Bertz CT molecular complexity index is 1220. The molecule has 0 amide bonds. The second-order valence-corrected chi connectivity index (χ2v) is 7.16. The van der Waals surface area contributed by atoms with E-state index in [2.05, 4.69) is 32.5 Å². The van der Waals surface area contributed by atoms with Crippen molar-refractivity contribution in [2.45, 2.75) is 19.8 Å². The maximum absolute atomic E-state index is 6.15. The standard InChI is InChI=1S/C24H21N5O/c1-17-14-18(28-24-21-7-2-3-8-22(21)25-16-26-24)9-10-23(17)30-20-11-13-29-19(15-20)6-4-5-12-27-29/h2-3,6-16H,4-5H2,1H3,(H,25,26,28). The van der Waals surface area contributed by atoms with Crippen LogP contribution in [0.15, 0.2) is 89.8 Å². The fourth-order valence-electron chi connectivity index (χ4n) is 3.47. The van der Waals surface area contributed by atoms with Gasteiger partial charge in [-0.1, -0.05) is 18.2 Å². The van der Waals surface area contributed by atoms with Crippen molar-refractivity contribution in [3.8, 4) is 5.75 Å². The number of ether oxygens (including phenoxy) is 1. The van der Waals surface area contributed by atoms with Crippen molar-refractivity contribution in [2.24, 2.45) is 5.10 Å². The number of hydrogen-bond acceptors (Lipinski definition) is 6. The van der Waals surface area contributed by atoms with Crippen LogP contribution in [0.25, 0.3) is 10.9 Å². The SMILES string of the molecule is Cc1cc(Nc2ncnc3ccccc23)ccc1OC1=CC2=CCCC=NN2C=C1. The highest BCUT2D eigenvalue weighted by Gasteiger charge is 2.13. The normalized spacial score (nSPS) is 15.3. The maximum Gasteiger partial charge on any atom is 0.141 e. The fourth-order valence-corrected chi connectivity index (χ4v) is 3.47.